The van der Waals surface area contributed by atoms with Crippen LogP contribution in [-0.4, -0.2) is 15.4 Å². The zero-order valence-corrected chi connectivity index (χ0v) is 9.17. The first-order valence-electron chi connectivity index (χ1n) is 3.73. The normalized spacial score (nSPS) is 15.2. The second-order valence-electron chi connectivity index (χ2n) is 2.75. The molecule has 0 radical (unpaired) electrons. The Bertz CT molecular complexity index is 260. The number of carbonyl (C=O) groups excluding carboxylic acids is 1. The van der Waals surface area contributed by atoms with Gasteiger partial charge in [0.05, 0.1) is 1.37 Å². The highest BCUT2D eigenvalue weighted by Gasteiger charge is 2.44. The topological polar surface area (TPSA) is 26.3 Å². The predicted molar refractivity (Wildman–Crippen MR) is 50.7 cm³/mol. The highest BCUT2D eigenvalue weighted by atomic mass is 35.6. The Morgan fingerprint density at radius 1 is 1.54 bits per heavy atom. The van der Waals surface area contributed by atoms with Gasteiger partial charge < -0.3 is 4.74 Å². The third-order valence-corrected chi connectivity index (χ3v) is 2.59. The van der Waals surface area contributed by atoms with Crippen molar-refractivity contribution in [3.05, 3.63) is 12.4 Å². The zero-order valence-electron chi connectivity index (χ0n) is 7.91. The van der Waals surface area contributed by atoms with Gasteiger partial charge in [0.25, 0.3) is 0 Å². The minimum Gasteiger partial charge on any atom is -0.450 e. The number of esters is 1. The minimum absolute atomic E-state index is 0.219. The summed E-state index contributed by atoms with van der Waals surface area (Å²) >= 11 is 16.4. The van der Waals surface area contributed by atoms with Crippen LogP contribution in [0.4, 0.5) is 4.39 Å². The van der Waals surface area contributed by atoms with Gasteiger partial charge >= 0.3 is 5.97 Å². The van der Waals surface area contributed by atoms with Crippen molar-refractivity contribution in [1.29, 1.82) is 0 Å². The molecule has 0 spiro atoms. The SMILES string of the molecule is [2H]C=C(F)C(=O)OC(C)(C)C(Cl)(Cl)Cl. The molecule has 0 aromatic rings. The number of hydrogen-bond donors (Lipinski definition) is 0. The van der Waals surface area contributed by atoms with Crippen molar-refractivity contribution in [3.63, 3.8) is 0 Å². The number of alkyl halides is 3. The lowest BCUT2D eigenvalue weighted by atomic mass is 10.2. The molecule has 2 nitrogen and oxygen atoms in total. The largest absolute Gasteiger partial charge is 0.450 e. The van der Waals surface area contributed by atoms with Crippen molar-refractivity contribution in [2.75, 3.05) is 0 Å². The summed E-state index contributed by atoms with van der Waals surface area (Å²) in [6, 6.07) is 0. The number of hydrogen-bond acceptors (Lipinski definition) is 2. The summed E-state index contributed by atoms with van der Waals surface area (Å²) in [6.45, 7) is 2.85. The van der Waals surface area contributed by atoms with Crippen LogP contribution in [0.1, 0.15) is 15.2 Å². The number of halogens is 4. The Labute approximate surface area is 92.0 Å². The molecule has 0 heterocycles. The van der Waals surface area contributed by atoms with Crippen LogP contribution in [0, 0.1) is 0 Å². The van der Waals surface area contributed by atoms with Gasteiger partial charge in [0, 0.05) is 0 Å². The minimum atomic E-state index is -1.87. The van der Waals surface area contributed by atoms with E-state index in [0.717, 1.165) is 0 Å². The van der Waals surface area contributed by atoms with Crippen molar-refractivity contribution in [1.82, 2.24) is 0 Å². The van der Waals surface area contributed by atoms with Gasteiger partial charge in [-0.2, -0.15) is 4.39 Å². The van der Waals surface area contributed by atoms with E-state index in [4.69, 9.17) is 36.2 Å². The highest BCUT2D eigenvalue weighted by Crippen LogP contribution is 2.40. The lowest BCUT2D eigenvalue weighted by Gasteiger charge is -2.31. The average Bonchev–Trinajstić information content (AvgIpc) is 2.00. The smallest absolute Gasteiger partial charge is 0.367 e. The lowest BCUT2D eigenvalue weighted by Crippen LogP contribution is -2.41. The number of ether oxygens (including phenoxy) is 1. The molecule has 6 heteroatoms. The van der Waals surface area contributed by atoms with E-state index in [2.05, 4.69) is 4.74 Å². The average molecular weight is 251 g/mol. The third-order valence-electron chi connectivity index (χ3n) is 1.23. The zero-order chi connectivity index (χ0) is 11.6. The fourth-order valence-corrected chi connectivity index (χ4v) is 0.454. The summed E-state index contributed by atoms with van der Waals surface area (Å²) in [5, 5.41) is 0. The molecule has 13 heavy (non-hydrogen) atoms. The Morgan fingerprint density at radius 2 is 2.00 bits per heavy atom. The summed E-state index contributed by atoms with van der Waals surface area (Å²) in [7, 11) is 0. The van der Waals surface area contributed by atoms with Gasteiger partial charge in [0.1, 0.15) is 0 Å². The van der Waals surface area contributed by atoms with E-state index in [1.807, 2.05) is 0 Å². The molecule has 0 atom stereocenters. The Kier molecular flexibility index (Phi) is 3.44. The molecule has 0 aliphatic rings. The van der Waals surface area contributed by atoms with E-state index in [1.165, 1.54) is 13.8 Å². The van der Waals surface area contributed by atoms with E-state index < -0.39 is 21.2 Å². The molecule has 0 unspecified atom stereocenters. The van der Waals surface area contributed by atoms with Crippen LogP contribution >= 0.6 is 34.8 Å². The molecular formula is C7H8Cl3FO2. The van der Waals surface area contributed by atoms with E-state index in [1.54, 1.807) is 0 Å². The maximum absolute atomic E-state index is 12.5. The summed E-state index contributed by atoms with van der Waals surface area (Å²) in [4.78, 5) is 10.9. The van der Waals surface area contributed by atoms with Gasteiger partial charge in [-0.15, -0.1) is 0 Å². The quantitative estimate of drug-likeness (QED) is 0.427. The van der Waals surface area contributed by atoms with Crippen LogP contribution in [-0.2, 0) is 9.53 Å². The summed E-state index contributed by atoms with van der Waals surface area (Å²) in [5.41, 5.74) is -1.48. The van der Waals surface area contributed by atoms with Crippen molar-refractivity contribution in [3.8, 4) is 0 Å². The molecule has 0 bridgehead atoms. The molecule has 0 amide bonds. The van der Waals surface area contributed by atoms with E-state index in [0.29, 0.717) is 0 Å². The highest BCUT2D eigenvalue weighted by molar-refractivity contribution is 6.68. The first-order valence-corrected chi connectivity index (χ1v) is 4.29. The third kappa shape index (κ3) is 3.71. The maximum Gasteiger partial charge on any atom is 0.367 e. The van der Waals surface area contributed by atoms with Gasteiger partial charge in [0.2, 0.25) is 9.62 Å². The number of carbonyl (C=O) groups is 1. The predicted octanol–water partition coefficient (Wildman–Crippen LogP) is 3.16. The van der Waals surface area contributed by atoms with Gasteiger partial charge in [0.15, 0.2) is 5.60 Å². The van der Waals surface area contributed by atoms with E-state index in [-0.39, 0.29) is 6.55 Å². The summed E-state index contributed by atoms with van der Waals surface area (Å²) < 4.78 is 21.7. The van der Waals surface area contributed by atoms with Gasteiger partial charge in [-0.3, -0.25) is 0 Å². The van der Waals surface area contributed by atoms with Crippen LogP contribution in [0.15, 0.2) is 12.4 Å². The molecule has 0 aromatic carbocycles. The van der Waals surface area contributed by atoms with E-state index in [9.17, 15) is 9.18 Å². The van der Waals surface area contributed by atoms with Crippen LogP contribution < -0.4 is 0 Å². The molecule has 0 fully saturated rings. The maximum atomic E-state index is 12.5. The van der Waals surface area contributed by atoms with E-state index >= 15 is 0 Å². The first-order chi connectivity index (χ1) is 6.12. The molecule has 76 valence electrons. The molecular weight excluding hydrogens is 241 g/mol. The second kappa shape index (κ2) is 4.03. The molecule has 0 saturated heterocycles. The van der Waals surface area contributed by atoms with Crippen LogP contribution in [0.25, 0.3) is 0 Å². The van der Waals surface area contributed by atoms with Crippen LogP contribution in [0.2, 0.25) is 0 Å². The van der Waals surface area contributed by atoms with Gasteiger partial charge in [-0.05, 0) is 13.8 Å². The second-order valence-corrected chi connectivity index (χ2v) is 5.03. The standard InChI is InChI=1S/C7H8Cl3FO2/c1-4(11)5(12)13-6(2,3)7(8,9)10/h1H2,2-3H3/i1D. The Morgan fingerprint density at radius 3 is 2.31 bits per heavy atom. The van der Waals surface area contributed by atoms with Crippen molar-refractivity contribution in [2.24, 2.45) is 0 Å². The molecule has 0 aliphatic heterocycles. The summed E-state index contributed by atoms with van der Waals surface area (Å²) in [6.07, 6.45) is 0. The fraction of sp³-hybridized carbons (Fsp3) is 0.571. The molecule has 0 aromatic heterocycles. The van der Waals surface area contributed by atoms with Crippen LogP contribution in [0.5, 0.6) is 0 Å². The molecule has 0 aliphatic carbocycles. The monoisotopic (exact) mass is 249 g/mol. The first kappa shape index (κ1) is 11.1. The number of rotatable bonds is 2. The molecule has 0 saturated carbocycles. The lowest BCUT2D eigenvalue weighted by molar-refractivity contribution is -0.152. The molecule has 0 rings (SSSR count). The van der Waals surface area contributed by atoms with Crippen molar-refractivity contribution < 1.29 is 15.3 Å². The van der Waals surface area contributed by atoms with Gasteiger partial charge in [-0.25, -0.2) is 4.79 Å². The fourth-order valence-electron chi connectivity index (χ4n) is 0.338. The van der Waals surface area contributed by atoms with Crippen molar-refractivity contribution >= 4 is 40.8 Å². The molecule has 0 N–H and O–H groups in total. The van der Waals surface area contributed by atoms with Gasteiger partial charge in [-0.1, -0.05) is 41.4 Å². The Balaban J connectivity index is 4.62. The van der Waals surface area contributed by atoms with Crippen molar-refractivity contribution in [2.45, 2.75) is 23.2 Å². The van der Waals surface area contributed by atoms with Crippen LogP contribution in [0.3, 0.4) is 0 Å². The Hall–Kier alpha value is 0.01000. The summed E-state index contributed by atoms with van der Waals surface area (Å²) in [5.74, 6) is -2.69.